The summed E-state index contributed by atoms with van der Waals surface area (Å²) >= 11 is 0. The Bertz CT molecular complexity index is 447. The molecule has 0 heterocycles. The summed E-state index contributed by atoms with van der Waals surface area (Å²) in [6, 6.07) is 3.65. The van der Waals surface area contributed by atoms with Gasteiger partial charge in [0.25, 0.3) is 5.91 Å². The van der Waals surface area contributed by atoms with Crippen LogP contribution in [0.2, 0.25) is 0 Å². The van der Waals surface area contributed by atoms with Gasteiger partial charge in [-0.15, -0.1) is 0 Å². The highest BCUT2D eigenvalue weighted by Gasteiger charge is 2.09. The van der Waals surface area contributed by atoms with E-state index in [1.807, 2.05) is 26.8 Å². The molecule has 5 nitrogen and oxygen atoms in total. The van der Waals surface area contributed by atoms with Gasteiger partial charge in [0.15, 0.2) is 6.61 Å². The maximum Gasteiger partial charge on any atom is 0.258 e. The number of aryl methyl sites for hydroxylation is 2. The van der Waals surface area contributed by atoms with Gasteiger partial charge >= 0.3 is 0 Å². The van der Waals surface area contributed by atoms with E-state index in [4.69, 9.17) is 15.2 Å². The zero-order valence-electron chi connectivity index (χ0n) is 11.9. The molecule has 0 radical (unpaired) electrons. The number of carbonyl (C=O) groups is 1. The Morgan fingerprint density at radius 1 is 1.37 bits per heavy atom. The average molecular weight is 266 g/mol. The average Bonchev–Trinajstić information content (AvgIpc) is 2.32. The first kappa shape index (κ1) is 15.3. The van der Waals surface area contributed by atoms with Crippen molar-refractivity contribution < 1.29 is 14.3 Å². The van der Waals surface area contributed by atoms with Gasteiger partial charge < -0.3 is 20.5 Å². The Morgan fingerprint density at radius 3 is 2.68 bits per heavy atom. The fraction of sp³-hybridized carbons (Fsp3) is 0.500. The van der Waals surface area contributed by atoms with Gasteiger partial charge in [-0.3, -0.25) is 4.79 Å². The van der Waals surface area contributed by atoms with Crippen molar-refractivity contribution in [2.45, 2.75) is 26.8 Å². The SMILES string of the molecule is COCC(C)NC(=O)COc1cc(N)c(C)cc1C. The summed E-state index contributed by atoms with van der Waals surface area (Å²) in [6.07, 6.45) is 0. The lowest BCUT2D eigenvalue weighted by Gasteiger charge is -2.14. The molecule has 1 rings (SSSR count). The molecule has 0 aromatic heterocycles. The van der Waals surface area contributed by atoms with Gasteiger partial charge in [0.1, 0.15) is 5.75 Å². The molecule has 106 valence electrons. The van der Waals surface area contributed by atoms with Crippen molar-refractivity contribution >= 4 is 11.6 Å². The zero-order chi connectivity index (χ0) is 14.4. The monoisotopic (exact) mass is 266 g/mol. The number of rotatable bonds is 6. The van der Waals surface area contributed by atoms with Crippen LogP contribution in [0.1, 0.15) is 18.1 Å². The van der Waals surface area contributed by atoms with Crippen molar-refractivity contribution in [3.8, 4) is 5.75 Å². The van der Waals surface area contributed by atoms with E-state index < -0.39 is 0 Å². The summed E-state index contributed by atoms with van der Waals surface area (Å²) in [5.41, 5.74) is 8.45. The Labute approximate surface area is 114 Å². The van der Waals surface area contributed by atoms with Crippen molar-refractivity contribution in [2.24, 2.45) is 0 Å². The lowest BCUT2D eigenvalue weighted by molar-refractivity contribution is -0.124. The second kappa shape index (κ2) is 6.99. The normalized spacial score (nSPS) is 12.0. The fourth-order valence-corrected chi connectivity index (χ4v) is 1.76. The van der Waals surface area contributed by atoms with E-state index in [0.717, 1.165) is 11.1 Å². The lowest BCUT2D eigenvalue weighted by Crippen LogP contribution is -2.38. The quantitative estimate of drug-likeness (QED) is 0.764. The second-order valence-corrected chi connectivity index (χ2v) is 4.69. The molecule has 0 aliphatic rings. The van der Waals surface area contributed by atoms with Gasteiger partial charge in [-0.05, 0) is 31.9 Å². The molecular weight excluding hydrogens is 244 g/mol. The molecule has 5 heteroatoms. The standard InChI is InChI=1S/C14H22N2O3/c1-9-5-10(2)13(6-12(9)15)19-8-14(17)16-11(3)7-18-4/h5-6,11H,7-8,15H2,1-4H3,(H,16,17). The van der Waals surface area contributed by atoms with E-state index in [0.29, 0.717) is 18.0 Å². The van der Waals surface area contributed by atoms with Gasteiger partial charge in [-0.2, -0.15) is 0 Å². The number of nitrogen functional groups attached to an aromatic ring is 1. The topological polar surface area (TPSA) is 73.6 Å². The van der Waals surface area contributed by atoms with E-state index in [1.165, 1.54) is 0 Å². The van der Waals surface area contributed by atoms with Crippen LogP contribution >= 0.6 is 0 Å². The Hall–Kier alpha value is -1.75. The molecule has 0 aliphatic carbocycles. The van der Waals surface area contributed by atoms with Crippen LogP contribution in [0, 0.1) is 13.8 Å². The maximum atomic E-state index is 11.6. The lowest BCUT2D eigenvalue weighted by atomic mass is 10.1. The highest BCUT2D eigenvalue weighted by atomic mass is 16.5. The molecule has 1 unspecified atom stereocenters. The van der Waals surface area contributed by atoms with Crippen LogP contribution in [0.25, 0.3) is 0 Å². The number of amides is 1. The summed E-state index contributed by atoms with van der Waals surface area (Å²) < 4.78 is 10.4. The minimum absolute atomic E-state index is 0.0304. The summed E-state index contributed by atoms with van der Waals surface area (Å²) in [5, 5.41) is 2.78. The van der Waals surface area contributed by atoms with Gasteiger partial charge in [-0.1, -0.05) is 6.07 Å². The number of hydrogen-bond acceptors (Lipinski definition) is 4. The number of benzene rings is 1. The van der Waals surface area contributed by atoms with E-state index in [-0.39, 0.29) is 18.6 Å². The molecule has 3 N–H and O–H groups in total. The largest absolute Gasteiger partial charge is 0.483 e. The molecule has 0 aliphatic heterocycles. The van der Waals surface area contributed by atoms with Crippen molar-refractivity contribution in [3.05, 3.63) is 23.3 Å². The first-order valence-corrected chi connectivity index (χ1v) is 6.22. The predicted octanol–water partition coefficient (Wildman–Crippen LogP) is 1.42. The van der Waals surface area contributed by atoms with Gasteiger partial charge in [-0.25, -0.2) is 0 Å². The van der Waals surface area contributed by atoms with Crippen molar-refractivity contribution in [2.75, 3.05) is 26.1 Å². The van der Waals surface area contributed by atoms with Crippen molar-refractivity contribution in [1.82, 2.24) is 5.32 Å². The number of hydrogen-bond donors (Lipinski definition) is 2. The van der Waals surface area contributed by atoms with Gasteiger partial charge in [0.2, 0.25) is 0 Å². The molecule has 1 aromatic carbocycles. The highest BCUT2D eigenvalue weighted by Crippen LogP contribution is 2.24. The van der Waals surface area contributed by atoms with E-state index in [1.54, 1.807) is 13.2 Å². The second-order valence-electron chi connectivity index (χ2n) is 4.69. The summed E-state index contributed by atoms with van der Waals surface area (Å²) in [5.74, 6) is 0.459. The fourth-order valence-electron chi connectivity index (χ4n) is 1.76. The van der Waals surface area contributed by atoms with E-state index >= 15 is 0 Å². The molecule has 1 aromatic rings. The molecular formula is C14H22N2O3. The first-order valence-electron chi connectivity index (χ1n) is 6.22. The molecule has 1 atom stereocenters. The van der Waals surface area contributed by atoms with Crippen LogP contribution < -0.4 is 15.8 Å². The van der Waals surface area contributed by atoms with Gasteiger partial charge in [0, 0.05) is 24.9 Å². The number of methoxy groups -OCH3 is 1. The molecule has 0 saturated heterocycles. The number of ether oxygens (including phenoxy) is 2. The molecule has 0 bridgehead atoms. The van der Waals surface area contributed by atoms with Crippen molar-refractivity contribution in [3.63, 3.8) is 0 Å². The Balaban J connectivity index is 2.53. The molecule has 19 heavy (non-hydrogen) atoms. The number of nitrogens with one attached hydrogen (secondary N) is 1. The zero-order valence-corrected chi connectivity index (χ0v) is 11.9. The smallest absolute Gasteiger partial charge is 0.258 e. The predicted molar refractivity (Wildman–Crippen MR) is 75.3 cm³/mol. The minimum atomic E-state index is -0.178. The number of carbonyl (C=O) groups excluding carboxylic acids is 1. The third kappa shape index (κ3) is 4.79. The van der Waals surface area contributed by atoms with Crippen LogP contribution in [0.3, 0.4) is 0 Å². The molecule has 0 saturated carbocycles. The van der Waals surface area contributed by atoms with Gasteiger partial charge in [0.05, 0.1) is 6.61 Å². The van der Waals surface area contributed by atoms with Crippen LogP contribution in [-0.4, -0.2) is 32.3 Å². The Kier molecular flexibility index (Phi) is 5.63. The van der Waals surface area contributed by atoms with Crippen LogP contribution in [0.15, 0.2) is 12.1 Å². The summed E-state index contributed by atoms with van der Waals surface area (Å²) in [6.45, 7) is 6.18. The minimum Gasteiger partial charge on any atom is -0.483 e. The first-order chi connectivity index (χ1) is 8.93. The van der Waals surface area contributed by atoms with Crippen LogP contribution in [0.4, 0.5) is 5.69 Å². The Morgan fingerprint density at radius 2 is 2.05 bits per heavy atom. The number of anilines is 1. The molecule has 0 spiro atoms. The molecule has 1 amide bonds. The number of nitrogens with two attached hydrogens (primary N) is 1. The maximum absolute atomic E-state index is 11.6. The highest BCUT2D eigenvalue weighted by molar-refractivity contribution is 5.77. The van der Waals surface area contributed by atoms with Crippen LogP contribution in [-0.2, 0) is 9.53 Å². The molecule has 0 fully saturated rings. The van der Waals surface area contributed by atoms with Crippen molar-refractivity contribution in [1.29, 1.82) is 0 Å². The van der Waals surface area contributed by atoms with E-state index in [9.17, 15) is 4.79 Å². The van der Waals surface area contributed by atoms with Crippen LogP contribution in [0.5, 0.6) is 5.75 Å². The van der Waals surface area contributed by atoms with E-state index in [2.05, 4.69) is 5.32 Å². The third-order valence-corrected chi connectivity index (χ3v) is 2.75. The summed E-state index contributed by atoms with van der Waals surface area (Å²) in [4.78, 5) is 11.6. The summed E-state index contributed by atoms with van der Waals surface area (Å²) in [7, 11) is 1.59. The third-order valence-electron chi connectivity index (χ3n) is 2.75.